The van der Waals surface area contributed by atoms with Gasteiger partial charge in [-0.3, -0.25) is 9.69 Å². The summed E-state index contributed by atoms with van der Waals surface area (Å²) in [6.45, 7) is 1.63. The van der Waals surface area contributed by atoms with E-state index in [4.69, 9.17) is 0 Å². The Labute approximate surface area is 66.8 Å². The van der Waals surface area contributed by atoms with E-state index in [1.165, 1.54) is 12.8 Å². The van der Waals surface area contributed by atoms with E-state index in [1.54, 1.807) is 0 Å². The molecule has 2 aliphatic rings. The number of hydrogen-bond donors (Lipinski definition) is 1. The summed E-state index contributed by atoms with van der Waals surface area (Å²) in [5, 5.41) is 3.08. The number of rotatable bonds is 0. The molecule has 11 heavy (non-hydrogen) atoms. The molecule has 1 saturated carbocycles. The second kappa shape index (κ2) is 2.21. The van der Waals surface area contributed by atoms with E-state index in [2.05, 4.69) is 10.2 Å². The third kappa shape index (κ3) is 1.38. The van der Waals surface area contributed by atoms with Crippen molar-refractivity contribution in [1.29, 1.82) is 0 Å². The molecule has 1 aliphatic carbocycles. The molecule has 1 spiro atoms. The molecule has 1 saturated heterocycles. The minimum Gasteiger partial charge on any atom is -0.350 e. The standard InChI is InChI=1S/C8H14N2O/c1-10-5-4-8(2-3-8)9-7(11)6-10/h2-6H2,1H3,(H,9,11). The quantitative estimate of drug-likeness (QED) is 0.531. The van der Waals surface area contributed by atoms with E-state index in [9.17, 15) is 4.79 Å². The number of carbonyl (C=O) groups excluding carboxylic acids is 1. The van der Waals surface area contributed by atoms with Crippen molar-refractivity contribution in [3.63, 3.8) is 0 Å². The average Bonchev–Trinajstić information content (AvgIpc) is 2.66. The van der Waals surface area contributed by atoms with Crippen LogP contribution in [0.1, 0.15) is 19.3 Å². The molecule has 0 unspecified atom stereocenters. The van der Waals surface area contributed by atoms with Gasteiger partial charge in [-0.15, -0.1) is 0 Å². The van der Waals surface area contributed by atoms with Crippen LogP contribution in [0.15, 0.2) is 0 Å². The van der Waals surface area contributed by atoms with Gasteiger partial charge in [-0.2, -0.15) is 0 Å². The fourth-order valence-corrected chi connectivity index (χ4v) is 1.65. The molecule has 2 rings (SSSR count). The highest BCUT2D eigenvalue weighted by Crippen LogP contribution is 2.39. The smallest absolute Gasteiger partial charge is 0.234 e. The molecule has 62 valence electrons. The predicted octanol–water partition coefficient (Wildman–Crippen LogP) is -0.0293. The monoisotopic (exact) mass is 154 g/mol. The Morgan fingerprint density at radius 3 is 2.82 bits per heavy atom. The first-order chi connectivity index (χ1) is 5.20. The number of hydrogen-bond acceptors (Lipinski definition) is 2. The van der Waals surface area contributed by atoms with E-state index in [-0.39, 0.29) is 11.4 Å². The van der Waals surface area contributed by atoms with Crippen molar-refractivity contribution < 1.29 is 4.79 Å². The Bertz CT molecular complexity index is 187. The van der Waals surface area contributed by atoms with E-state index < -0.39 is 0 Å². The predicted molar refractivity (Wildman–Crippen MR) is 42.2 cm³/mol. The molecule has 0 aromatic carbocycles. The topological polar surface area (TPSA) is 32.3 Å². The van der Waals surface area contributed by atoms with Gasteiger partial charge in [0.2, 0.25) is 5.91 Å². The molecule has 0 atom stereocenters. The second-order valence-electron chi connectivity index (χ2n) is 3.82. The number of nitrogens with zero attached hydrogens (tertiary/aromatic N) is 1. The first-order valence-corrected chi connectivity index (χ1v) is 4.20. The zero-order valence-corrected chi connectivity index (χ0v) is 6.89. The first kappa shape index (κ1) is 7.10. The summed E-state index contributed by atoms with van der Waals surface area (Å²) >= 11 is 0. The van der Waals surface area contributed by atoms with Crippen molar-refractivity contribution in [2.75, 3.05) is 20.1 Å². The van der Waals surface area contributed by atoms with Gasteiger partial charge in [-0.25, -0.2) is 0 Å². The third-order valence-corrected chi connectivity index (χ3v) is 2.64. The van der Waals surface area contributed by atoms with Crippen molar-refractivity contribution in [2.45, 2.75) is 24.8 Å². The maximum Gasteiger partial charge on any atom is 0.234 e. The van der Waals surface area contributed by atoms with Crippen molar-refractivity contribution >= 4 is 5.91 Å². The van der Waals surface area contributed by atoms with Gasteiger partial charge in [0.15, 0.2) is 0 Å². The first-order valence-electron chi connectivity index (χ1n) is 4.20. The maximum absolute atomic E-state index is 11.2. The summed E-state index contributed by atoms with van der Waals surface area (Å²) < 4.78 is 0. The van der Waals surface area contributed by atoms with Crippen LogP contribution in [0.5, 0.6) is 0 Å². The number of amides is 1. The zero-order chi connectivity index (χ0) is 7.90. The van der Waals surface area contributed by atoms with E-state index in [0.29, 0.717) is 6.54 Å². The molecule has 0 radical (unpaired) electrons. The number of likely N-dealkylation sites (N-methyl/N-ethyl adjacent to an activating group) is 1. The lowest BCUT2D eigenvalue weighted by Crippen LogP contribution is -2.37. The summed E-state index contributed by atoms with van der Waals surface area (Å²) in [4.78, 5) is 13.3. The largest absolute Gasteiger partial charge is 0.350 e. The van der Waals surface area contributed by atoms with Crippen LogP contribution in [0, 0.1) is 0 Å². The highest BCUT2D eigenvalue weighted by atomic mass is 16.2. The fraction of sp³-hybridized carbons (Fsp3) is 0.875. The lowest BCUT2D eigenvalue weighted by atomic mass is 10.2. The van der Waals surface area contributed by atoms with Gasteiger partial charge in [0.25, 0.3) is 0 Å². The Kier molecular flexibility index (Phi) is 1.42. The van der Waals surface area contributed by atoms with Crippen LogP contribution < -0.4 is 5.32 Å². The van der Waals surface area contributed by atoms with Gasteiger partial charge in [0.05, 0.1) is 6.54 Å². The minimum absolute atomic E-state index is 0.197. The Balaban J connectivity index is 2.04. The van der Waals surface area contributed by atoms with E-state index >= 15 is 0 Å². The van der Waals surface area contributed by atoms with Gasteiger partial charge in [-0.1, -0.05) is 0 Å². The van der Waals surface area contributed by atoms with E-state index in [1.807, 2.05) is 7.05 Å². The molecule has 0 bridgehead atoms. The molecule has 3 heteroatoms. The maximum atomic E-state index is 11.2. The van der Waals surface area contributed by atoms with Gasteiger partial charge >= 0.3 is 0 Å². The lowest BCUT2D eigenvalue weighted by Gasteiger charge is -2.12. The normalized spacial score (nSPS) is 29.7. The number of carbonyl (C=O) groups is 1. The molecular formula is C8H14N2O. The fourth-order valence-electron chi connectivity index (χ4n) is 1.65. The Morgan fingerprint density at radius 2 is 2.18 bits per heavy atom. The average molecular weight is 154 g/mol. The van der Waals surface area contributed by atoms with Crippen LogP contribution in [-0.4, -0.2) is 36.5 Å². The molecule has 1 N–H and O–H groups in total. The molecule has 3 nitrogen and oxygen atoms in total. The van der Waals surface area contributed by atoms with Crippen molar-refractivity contribution in [1.82, 2.24) is 10.2 Å². The van der Waals surface area contributed by atoms with Crippen LogP contribution in [0.25, 0.3) is 0 Å². The Morgan fingerprint density at radius 1 is 1.45 bits per heavy atom. The highest BCUT2D eigenvalue weighted by Gasteiger charge is 2.44. The summed E-state index contributed by atoms with van der Waals surface area (Å²) in [5.41, 5.74) is 0.224. The summed E-state index contributed by atoms with van der Waals surface area (Å²) in [6.07, 6.45) is 3.51. The summed E-state index contributed by atoms with van der Waals surface area (Å²) in [7, 11) is 2.00. The van der Waals surface area contributed by atoms with Crippen LogP contribution in [0.4, 0.5) is 0 Å². The molecule has 0 aromatic heterocycles. The molecule has 1 heterocycles. The second-order valence-corrected chi connectivity index (χ2v) is 3.82. The highest BCUT2D eigenvalue weighted by molar-refractivity contribution is 5.79. The molecule has 1 aliphatic heterocycles. The van der Waals surface area contributed by atoms with Crippen LogP contribution in [0.2, 0.25) is 0 Å². The van der Waals surface area contributed by atoms with Crippen LogP contribution in [0.3, 0.4) is 0 Å². The van der Waals surface area contributed by atoms with Gasteiger partial charge in [0.1, 0.15) is 0 Å². The number of nitrogens with one attached hydrogen (secondary N) is 1. The third-order valence-electron chi connectivity index (χ3n) is 2.64. The molecule has 1 amide bonds. The van der Waals surface area contributed by atoms with Crippen molar-refractivity contribution in [3.05, 3.63) is 0 Å². The summed E-state index contributed by atoms with van der Waals surface area (Å²) in [6, 6.07) is 0. The molecule has 0 aromatic rings. The molecule has 2 fully saturated rings. The van der Waals surface area contributed by atoms with Crippen molar-refractivity contribution in [3.8, 4) is 0 Å². The van der Waals surface area contributed by atoms with Crippen molar-refractivity contribution in [2.24, 2.45) is 0 Å². The zero-order valence-electron chi connectivity index (χ0n) is 6.89. The van der Waals surface area contributed by atoms with Gasteiger partial charge in [-0.05, 0) is 26.3 Å². The Hall–Kier alpha value is -0.570. The lowest BCUT2D eigenvalue weighted by molar-refractivity contribution is -0.121. The van der Waals surface area contributed by atoms with Gasteiger partial charge in [0, 0.05) is 12.1 Å². The SMILES string of the molecule is CN1CCC2(CC2)NC(=O)C1. The van der Waals surface area contributed by atoms with E-state index in [0.717, 1.165) is 13.0 Å². The molecular weight excluding hydrogens is 140 g/mol. The van der Waals surface area contributed by atoms with Crippen LogP contribution >= 0.6 is 0 Å². The minimum atomic E-state index is 0.197. The summed E-state index contributed by atoms with van der Waals surface area (Å²) in [5.74, 6) is 0.197. The van der Waals surface area contributed by atoms with Gasteiger partial charge < -0.3 is 5.32 Å². The van der Waals surface area contributed by atoms with Crippen LogP contribution in [-0.2, 0) is 4.79 Å².